The van der Waals surface area contributed by atoms with Gasteiger partial charge in [-0.2, -0.15) is 9.47 Å². The van der Waals surface area contributed by atoms with E-state index in [9.17, 15) is 4.79 Å². The fourth-order valence-corrected chi connectivity index (χ4v) is 3.13. The molecule has 0 saturated carbocycles. The van der Waals surface area contributed by atoms with Crippen LogP contribution < -0.4 is 16.1 Å². The van der Waals surface area contributed by atoms with E-state index in [1.807, 2.05) is 45.0 Å². The Balaban J connectivity index is 2.04. The summed E-state index contributed by atoms with van der Waals surface area (Å²) >= 11 is 6.43. The molecule has 2 rings (SSSR count). The quantitative estimate of drug-likeness (QED) is 0.405. The first-order valence-corrected chi connectivity index (χ1v) is 9.17. The summed E-state index contributed by atoms with van der Waals surface area (Å²) in [6, 6.07) is 7.86. The van der Waals surface area contributed by atoms with E-state index in [4.69, 9.17) is 17.0 Å². The number of carbonyl (C=O) groups excluding carboxylic acids is 1. The van der Waals surface area contributed by atoms with Gasteiger partial charge < -0.3 is 10.1 Å². The molecule has 0 bridgehead atoms. The van der Waals surface area contributed by atoms with Crippen molar-refractivity contribution in [3.8, 4) is 0 Å². The number of hydrogen-bond acceptors (Lipinski definition) is 6. The Morgan fingerprint density at radius 3 is 2.62 bits per heavy atom. The third-order valence-electron chi connectivity index (χ3n) is 3.35. The van der Waals surface area contributed by atoms with E-state index < -0.39 is 6.09 Å². The summed E-state index contributed by atoms with van der Waals surface area (Å²) in [5.41, 5.74) is 7.01. The van der Waals surface area contributed by atoms with E-state index in [1.165, 1.54) is 17.1 Å². The molecule has 0 aliphatic heterocycles. The van der Waals surface area contributed by atoms with Gasteiger partial charge in [0.1, 0.15) is 5.00 Å². The highest BCUT2D eigenvalue weighted by molar-refractivity contribution is 7.80. The molecule has 0 spiro atoms. The lowest BCUT2D eigenvalue weighted by Crippen LogP contribution is -2.25. The Morgan fingerprint density at radius 2 is 1.96 bits per heavy atom. The molecule has 26 heavy (non-hydrogen) atoms. The Morgan fingerprint density at radius 1 is 1.27 bits per heavy atom. The largest absolute Gasteiger partial charge is 0.450 e. The van der Waals surface area contributed by atoms with Crippen molar-refractivity contribution in [3.05, 3.63) is 41.1 Å². The second-order valence-electron chi connectivity index (χ2n) is 5.45. The first-order chi connectivity index (χ1) is 12.4. The highest BCUT2D eigenvalue weighted by atomic mass is 32.1. The smallest absolute Gasteiger partial charge is 0.412 e. The van der Waals surface area contributed by atoms with Gasteiger partial charge in [-0.1, -0.05) is 17.7 Å². The molecule has 0 saturated heterocycles. The van der Waals surface area contributed by atoms with Gasteiger partial charge in [-0.05, 0) is 63.6 Å². The lowest BCUT2D eigenvalue weighted by Gasteiger charge is -2.09. The van der Waals surface area contributed by atoms with Crippen molar-refractivity contribution in [2.24, 2.45) is 5.10 Å². The van der Waals surface area contributed by atoms with Crippen LogP contribution in [0.5, 0.6) is 0 Å². The second kappa shape index (κ2) is 9.25. The third kappa shape index (κ3) is 5.50. The fraction of sp³-hybridized carbons (Fsp3) is 0.294. The SMILES string of the molecule is CCOC(=O)Nc1snc(C)c1/C(C)=N/NC(=S)Nc1ccc(C)cc1. The minimum absolute atomic E-state index is 0.298. The molecular formula is C17H21N5O2S2. The van der Waals surface area contributed by atoms with Crippen LogP contribution in [0.4, 0.5) is 15.5 Å². The number of carbonyl (C=O) groups is 1. The first kappa shape index (κ1) is 19.8. The maximum Gasteiger partial charge on any atom is 0.412 e. The molecule has 138 valence electrons. The molecule has 0 unspecified atom stereocenters. The monoisotopic (exact) mass is 391 g/mol. The van der Waals surface area contributed by atoms with Crippen LogP contribution in [0.1, 0.15) is 30.7 Å². The molecule has 2 aromatic rings. The molecule has 1 heterocycles. The van der Waals surface area contributed by atoms with Crippen LogP contribution in [0, 0.1) is 13.8 Å². The van der Waals surface area contributed by atoms with Gasteiger partial charge in [0, 0.05) is 5.69 Å². The van der Waals surface area contributed by atoms with Crippen molar-refractivity contribution < 1.29 is 9.53 Å². The Labute approximate surface area is 162 Å². The number of rotatable bonds is 5. The van der Waals surface area contributed by atoms with E-state index in [0.29, 0.717) is 22.4 Å². The molecule has 3 N–H and O–H groups in total. The van der Waals surface area contributed by atoms with Crippen molar-refractivity contribution in [1.82, 2.24) is 9.80 Å². The standard InChI is InChI=1S/C17H21N5O2S2/c1-5-24-17(23)19-15-14(12(4)22-26-15)11(3)20-21-16(25)18-13-8-6-10(2)7-9-13/h6-9H,5H2,1-4H3,(H,19,23)(H2,18,21,25)/b20-11+. The van der Waals surface area contributed by atoms with Crippen molar-refractivity contribution in [3.63, 3.8) is 0 Å². The number of thiocarbonyl (C=S) groups is 1. The number of hydrazone groups is 1. The average Bonchev–Trinajstić information content (AvgIpc) is 2.95. The highest BCUT2D eigenvalue weighted by Gasteiger charge is 2.16. The lowest BCUT2D eigenvalue weighted by molar-refractivity contribution is 0.168. The van der Waals surface area contributed by atoms with E-state index in [0.717, 1.165) is 16.9 Å². The molecule has 7 nitrogen and oxygen atoms in total. The van der Waals surface area contributed by atoms with E-state index in [2.05, 4.69) is 25.5 Å². The van der Waals surface area contributed by atoms with Gasteiger partial charge in [-0.15, -0.1) is 0 Å². The maximum atomic E-state index is 11.6. The summed E-state index contributed by atoms with van der Waals surface area (Å²) in [7, 11) is 0. The molecular weight excluding hydrogens is 370 g/mol. The molecule has 1 amide bonds. The summed E-state index contributed by atoms with van der Waals surface area (Å²) < 4.78 is 9.17. The molecule has 1 aromatic carbocycles. The Hall–Kier alpha value is -2.52. The number of nitrogens with one attached hydrogen (secondary N) is 3. The minimum atomic E-state index is -0.519. The van der Waals surface area contributed by atoms with Crippen molar-refractivity contribution in [2.45, 2.75) is 27.7 Å². The Kier molecular flexibility index (Phi) is 7.05. The predicted molar refractivity (Wildman–Crippen MR) is 110 cm³/mol. The number of ether oxygens (including phenoxy) is 1. The van der Waals surface area contributed by atoms with Crippen molar-refractivity contribution >= 4 is 51.4 Å². The Bertz CT molecular complexity index is 815. The van der Waals surface area contributed by atoms with Crippen molar-refractivity contribution in [1.29, 1.82) is 0 Å². The second-order valence-corrected chi connectivity index (χ2v) is 6.63. The molecule has 1 aromatic heterocycles. The predicted octanol–water partition coefficient (Wildman–Crippen LogP) is 4.04. The van der Waals surface area contributed by atoms with Crippen LogP contribution in [0.15, 0.2) is 29.4 Å². The number of anilines is 2. The minimum Gasteiger partial charge on any atom is -0.450 e. The number of nitrogens with zero attached hydrogens (tertiary/aromatic N) is 2. The summed E-state index contributed by atoms with van der Waals surface area (Å²) in [5, 5.41) is 11.0. The summed E-state index contributed by atoms with van der Waals surface area (Å²) in [5.74, 6) is 0. The summed E-state index contributed by atoms with van der Waals surface area (Å²) in [6.07, 6.45) is -0.519. The molecule has 9 heteroatoms. The van der Waals surface area contributed by atoms with Gasteiger partial charge in [-0.3, -0.25) is 10.7 Å². The van der Waals surface area contributed by atoms with Crippen LogP contribution in [0.25, 0.3) is 0 Å². The zero-order chi connectivity index (χ0) is 19.1. The van der Waals surface area contributed by atoms with E-state index in [1.54, 1.807) is 6.92 Å². The molecule has 0 radical (unpaired) electrons. The van der Waals surface area contributed by atoms with E-state index >= 15 is 0 Å². The maximum absolute atomic E-state index is 11.6. The molecule has 0 aliphatic rings. The van der Waals surface area contributed by atoms with Crippen molar-refractivity contribution in [2.75, 3.05) is 17.2 Å². The molecule has 0 atom stereocenters. The topological polar surface area (TPSA) is 87.6 Å². The van der Waals surface area contributed by atoms with Gasteiger partial charge in [0.25, 0.3) is 0 Å². The average molecular weight is 392 g/mol. The number of hydrogen-bond donors (Lipinski definition) is 3. The number of aryl methyl sites for hydroxylation is 2. The van der Waals surface area contributed by atoms with Crippen LogP contribution in [0.2, 0.25) is 0 Å². The number of benzene rings is 1. The summed E-state index contributed by atoms with van der Waals surface area (Å²) in [4.78, 5) is 11.6. The van der Waals surface area contributed by atoms with Gasteiger partial charge in [0.15, 0.2) is 5.11 Å². The molecule has 0 aliphatic carbocycles. The third-order valence-corrected chi connectivity index (χ3v) is 4.40. The van der Waals surface area contributed by atoms with Crippen LogP contribution >= 0.6 is 23.8 Å². The van der Waals surface area contributed by atoms with Gasteiger partial charge >= 0.3 is 6.09 Å². The highest BCUT2D eigenvalue weighted by Crippen LogP contribution is 2.25. The van der Waals surface area contributed by atoms with Crippen LogP contribution in [-0.2, 0) is 4.74 Å². The molecule has 0 fully saturated rings. The first-order valence-electron chi connectivity index (χ1n) is 7.99. The normalized spacial score (nSPS) is 11.0. The van der Waals surface area contributed by atoms with Gasteiger partial charge in [0.2, 0.25) is 0 Å². The van der Waals surface area contributed by atoms with Gasteiger partial charge in [-0.25, -0.2) is 4.79 Å². The zero-order valence-corrected chi connectivity index (χ0v) is 16.7. The fourth-order valence-electron chi connectivity index (χ4n) is 2.13. The number of aromatic nitrogens is 1. The lowest BCUT2D eigenvalue weighted by atomic mass is 10.2. The zero-order valence-electron chi connectivity index (χ0n) is 15.0. The number of amides is 1. The van der Waals surface area contributed by atoms with Gasteiger partial charge in [0.05, 0.1) is 23.6 Å². The van der Waals surface area contributed by atoms with E-state index in [-0.39, 0.29) is 0 Å². The van der Waals surface area contributed by atoms with Crippen LogP contribution in [-0.4, -0.2) is 27.9 Å². The van der Waals surface area contributed by atoms with Crippen LogP contribution in [0.3, 0.4) is 0 Å². The summed E-state index contributed by atoms with van der Waals surface area (Å²) in [6.45, 7) is 7.73.